The third-order valence-electron chi connectivity index (χ3n) is 3.23. The topological polar surface area (TPSA) is 52.3 Å². The van der Waals surface area contributed by atoms with Crippen molar-refractivity contribution in [2.75, 3.05) is 6.61 Å². The van der Waals surface area contributed by atoms with Gasteiger partial charge in [-0.1, -0.05) is 54.6 Å². The van der Waals surface area contributed by atoms with Gasteiger partial charge in [0.1, 0.15) is 0 Å². The van der Waals surface area contributed by atoms with E-state index < -0.39 is 18.2 Å². The molecule has 0 aliphatic rings. The zero-order valence-corrected chi connectivity index (χ0v) is 13.1. The maximum Gasteiger partial charge on any atom is 0.342 e. The molecular formula is C17H19ClFNO2. The summed E-state index contributed by atoms with van der Waals surface area (Å²) in [7, 11) is 0. The van der Waals surface area contributed by atoms with Crippen LogP contribution in [0.25, 0.3) is 11.1 Å². The van der Waals surface area contributed by atoms with E-state index in [1.165, 1.54) is 0 Å². The second-order valence-corrected chi connectivity index (χ2v) is 4.67. The molecule has 2 aromatic carbocycles. The number of benzene rings is 2. The molecule has 0 bridgehead atoms. The highest BCUT2D eigenvalue weighted by Gasteiger charge is 2.27. The number of carbonyl (C=O) groups excluding carboxylic acids is 1. The van der Waals surface area contributed by atoms with E-state index in [2.05, 4.69) is 4.74 Å². The molecule has 0 saturated carbocycles. The first-order valence-electron chi connectivity index (χ1n) is 6.85. The lowest BCUT2D eigenvalue weighted by Crippen LogP contribution is -2.31. The van der Waals surface area contributed by atoms with Gasteiger partial charge in [0.15, 0.2) is 0 Å². The van der Waals surface area contributed by atoms with Crippen LogP contribution in [0.4, 0.5) is 4.39 Å². The fourth-order valence-corrected chi connectivity index (χ4v) is 2.07. The van der Waals surface area contributed by atoms with Crippen molar-refractivity contribution in [3.05, 3.63) is 60.2 Å². The molecule has 0 fully saturated rings. The summed E-state index contributed by atoms with van der Waals surface area (Å²) in [5, 5.41) is 0. The Morgan fingerprint density at radius 2 is 1.64 bits per heavy atom. The molecule has 0 aromatic heterocycles. The number of hydrogen-bond donors (Lipinski definition) is 1. The van der Waals surface area contributed by atoms with Crippen LogP contribution in [0.3, 0.4) is 0 Å². The van der Waals surface area contributed by atoms with E-state index in [4.69, 9.17) is 5.73 Å². The largest absolute Gasteiger partial charge is 0.464 e. The number of halogens is 2. The molecule has 5 heteroatoms. The predicted octanol–water partition coefficient (Wildman–Crippen LogP) is 3.68. The van der Waals surface area contributed by atoms with Crippen LogP contribution in [0, 0.1) is 0 Å². The molecule has 3 nitrogen and oxygen atoms in total. The van der Waals surface area contributed by atoms with Gasteiger partial charge in [0.2, 0.25) is 6.17 Å². The van der Waals surface area contributed by atoms with E-state index >= 15 is 0 Å². The Hall–Kier alpha value is -1.91. The second kappa shape index (κ2) is 8.51. The van der Waals surface area contributed by atoms with Crippen molar-refractivity contribution in [1.82, 2.24) is 0 Å². The summed E-state index contributed by atoms with van der Waals surface area (Å²) in [6.45, 7) is 1.77. The van der Waals surface area contributed by atoms with Crippen LogP contribution in [-0.4, -0.2) is 18.7 Å². The molecule has 0 aliphatic carbocycles. The Morgan fingerprint density at radius 1 is 1.09 bits per heavy atom. The van der Waals surface area contributed by atoms with Crippen LogP contribution in [0.15, 0.2) is 54.6 Å². The Bertz CT molecular complexity index is 589. The summed E-state index contributed by atoms with van der Waals surface area (Å²) < 4.78 is 18.5. The number of hydrogen-bond acceptors (Lipinski definition) is 3. The fourth-order valence-electron chi connectivity index (χ4n) is 2.07. The number of nitrogens with two attached hydrogens (primary N) is 1. The van der Waals surface area contributed by atoms with Crippen LogP contribution in [0.5, 0.6) is 0 Å². The summed E-state index contributed by atoms with van der Waals surface area (Å²) in [4.78, 5) is 11.4. The number of alkyl halides is 1. The van der Waals surface area contributed by atoms with E-state index in [0.29, 0.717) is 5.56 Å². The lowest BCUT2D eigenvalue weighted by atomic mass is 9.99. The van der Waals surface area contributed by atoms with Gasteiger partial charge in [-0.05, 0) is 23.6 Å². The van der Waals surface area contributed by atoms with Crippen LogP contribution >= 0.6 is 12.4 Å². The molecular weight excluding hydrogens is 305 g/mol. The molecule has 0 amide bonds. The molecule has 22 heavy (non-hydrogen) atoms. The molecule has 0 heterocycles. The first kappa shape index (κ1) is 18.1. The third-order valence-corrected chi connectivity index (χ3v) is 3.23. The molecule has 2 N–H and O–H groups in total. The molecule has 0 radical (unpaired) electrons. The zero-order valence-electron chi connectivity index (χ0n) is 12.2. The minimum atomic E-state index is -1.85. The van der Waals surface area contributed by atoms with E-state index in [1.54, 1.807) is 19.1 Å². The number of esters is 1. The Kier molecular flexibility index (Phi) is 7.02. The standard InChI is InChI=1S/C17H18FNO2.ClH/c1-2-21-17(20)15(18)16(19)14-10-8-13(9-11-14)12-6-4-3-5-7-12;/h3-11,15-16H,2,19H2,1H3;1H/t15?,16-;/m0./s1. The average molecular weight is 324 g/mol. The van der Waals surface area contributed by atoms with E-state index in [0.717, 1.165) is 11.1 Å². The summed E-state index contributed by atoms with van der Waals surface area (Å²) in [6.07, 6.45) is -1.85. The van der Waals surface area contributed by atoms with Crippen LogP contribution in [0.2, 0.25) is 0 Å². The highest BCUT2D eigenvalue weighted by molar-refractivity contribution is 5.85. The number of carbonyl (C=O) groups is 1. The monoisotopic (exact) mass is 323 g/mol. The molecule has 0 saturated heterocycles. The maximum atomic E-state index is 13.9. The van der Waals surface area contributed by atoms with Crippen molar-refractivity contribution in [1.29, 1.82) is 0 Å². The van der Waals surface area contributed by atoms with Gasteiger partial charge in [-0.2, -0.15) is 0 Å². The SMILES string of the molecule is CCOC(=O)C(F)[C@@H](N)c1ccc(-c2ccccc2)cc1.Cl. The number of rotatable bonds is 5. The van der Waals surface area contributed by atoms with Crippen LogP contribution < -0.4 is 5.73 Å². The maximum absolute atomic E-state index is 13.9. The normalized spacial score (nSPS) is 12.9. The second-order valence-electron chi connectivity index (χ2n) is 4.67. The zero-order chi connectivity index (χ0) is 15.2. The van der Waals surface area contributed by atoms with Crippen molar-refractivity contribution < 1.29 is 13.9 Å². The molecule has 2 aromatic rings. The lowest BCUT2D eigenvalue weighted by Gasteiger charge is -2.16. The Balaban J connectivity index is 0.00000242. The van der Waals surface area contributed by atoms with E-state index in [9.17, 15) is 9.18 Å². The van der Waals surface area contributed by atoms with Gasteiger partial charge in [0, 0.05) is 0 Å². The van der Waals surface area contributed by atoms with Crippen molar-refractivity contribution in [3.63, 3.8) is 0 Å². The van der Waals surface area contributed by atoms with Crippen molar-refractivity contribution in [2.45, 2.75) is 19.1 Å². The van der Waals surface area contributed by atoms with E-state index in [1.807, 2.05) is 42.5 Å². The average Bonchev–Trinajstić information content (AvgIpc) is 2.54. The smallest absolute Gasteiger partial charge is 0.342 e. The van der Waals surface area contributed by atoms with Gasteiger partial charge in [-0.3, -0.25) is 0 Å². The molecule has 0 aliphatic heterocycles. The molecule has 0 spiro atoms. The lowest BCUT2D eigenvalue weighted by molar-refractivity contribution is -0.149. The summed E-state index contributed by atoms with van der Waals surface area (Å²) in [6, 6.07) is 16.0. The molecule has 118 valence electrons. The van der Waals surface area contributed by atoms with Gasteiger partial charge in [-0.15, -0.1) is 12.4 Å². The minimum absolute atomic E-state index is 0. The first-order chi connectivity index (χ1) is 10.1. The van der Waals surface area contributed by atoms with Crippen LogP contribution in [-0.2, 0) is 9.53 Å². The predicted molar refractivity (Wildman–Crippen MR) is 87.6 cm³/mol. The Labute approximate surface area is 135 Å². The van der Waals surface area contributed by atoms with Gasteiger partial charge in [0.25, 0.3) is 0 Å². The summed E-state index contributed by atoms with van der Waals surface area (Å²) in [5.41, 5.74) is 8.43. The van der Waals surface area contributed by atoms with Crippen LogP contribution in [0.1, 0.15) is 18.5 Å². The van der Waals surface area contributed by atoms with Gasteiger partial charge in [-0.25, -0.2) is 9.18 Å². The Morgan fingerprint density at radius 3 is 2.18 bits per heavy atom. The highest BCUT2D eigenvalue weighted by atomic mass is 35.5. The molecule has 2 atom stereocenters. The van der Waals surface area contributed by atoms with Gasteiger partial charge >= 0.3 is 5.97 Å². The van der Waals surface area contributed by atoms with Gasteiger partial charge < -0.3 is 10.5 Å². The first-order valence-corrected chi connectivity index (χ1v) is 6.85. The third kappa shape index (κ3) is 4.29. The van der Waals surface area contributed by atoms with Crippen molar-refractivity contribution in [2.24, 2.45) is 5.73 Å². The quantitative estimate of drug-likeness (QED) is 0.854. The van der Waals surface area contributed by atoms with Gasteiger partial charge in [0.05, 0.1) is 12.6 Å². The number of ether oxygens (including phenoxy) is 1. The highest BCUT2D eigenvalue weighted by Crippen LogP contribution is 2.23. The fraction of sp³-hybridized carbons (Fsp3) is 0.235. The van der Waals surface area contributed by atoms with Crippen molar-refractivity contribution in [3.8, 4) is 11.1 Å². The minimum Gasteiger partial charge on any atom is -0.464 e. The summed E-state index contributed by atoms with van der Waals surface area (Å²) >= 11 is 0. The van der Waals surface area contributed by atoms with E-state index in [-0.39, 0.29) is 19.0 Å². The molecule has 1 unspecified atom stereocenters. The summed E-state index contributed by atoms with van der Waals surface area (Å²) in [5.74, 6) is -0.919. The molecule has 2 rings (SSSR count). The van der Waals surface area contributed by atoms with Crippen molar-refractivity contribution >= 4 is 18.4 Å².